The van der Waals surface area contributed by atoms with Crippen LogP contribution in [0.1, 0.15) is 0 Å². The van der Waals surface area contributed by atoms with Gasteiger partial charge in [0.2, 0.25) is 0 Å². The Morgan fingerprint density at radius 3 is 2.12 bits per heavy atom. The lowest BCUT2D eigenvalue weighted by atomic mass is 10.3. The van der Waals surface area contributed by atoms with Crippen LogP contribution in [0.3, 0.4) is 0 Å². The summed E-state index contributed by atoms with van der Waals surface area (Å²) in [7, 11) is 0. The Kier molecular flexibility index (Phi) is 4.07. The van der Waals surface area contributed by atoms with Crippen molar-refractivity contribution in [3.63, 3.8) is 0 Å². The van der Waals surface area contributed by atoms with Crippen molar-refractivity contribution >= 4 is 39.3 Å². The summed E-state index contributed by atoms with van der Waals surface area (Å²) in [4.78, 5) is 1.54. The molecule has 0 aliphatic carbocycles. The predicted octanol–water partition coefficient (Wildman–Crippen LogP) is 5.53. The van der Waals surface area contributed by atoms with Crippen LogP contribution < -0.4 is 0 Å². The van der Waals surface area contributed by atoms with Gasteiger partial charge in [0.1, 0.15) is 11.6 Å². The summed E-state index contributed by atoms with van der Waals surface area (Å²) < 4.78 is 26.4. The summed E-state index contributed by atoms with van der Waals surface area (Å²) in [5.74, 6) is -0.691. The van der Waals surface area contributed by atoms with E-state index in [4.69, 9.17) is 11.6 Å². The van der Waals surface area contributed by atoms with E-state index >= 15 is 0 Å². The van der Waals surface area contributed by atoms with Crippen molar-refractivity contribution in [2.24, 2.45) is 0 Å². The molecule has 0 fully saturated rings. The van der Waals surface area contributed by atoms with Crippen LogP contribution in [-0.2, 0) is 0 Å². The lowest BCUT2D eigenvalue weighted by molar-refractivity contribution is 0.625. The number of hydrogen-bond acceptors (Lipinski definition) is 1. The molecule has 0 saturated carbocycles. The molecule has 2 rings (SSSR count). The minimum absolute atomic E-state index is 0.313. The summed E-state index contributed by atoms with van der Waals surface area (Å²) in [6, 6.07) is 8.57. The molecular weight excluding hydrogens is 330 g/mol. The van der Waals surface area contributed by atoms with E-state index in [1.54, 1.807) is 12.1 Å². The zero-order valence-electron chi connectivity index (χ0n) is 8.38. The quantitative estimate of drug-likeness (QED) is 0.695. The fourth-order valence-corrected chi connectivity index (χ4v) is 2.93. The van der Waals surface area contributed by atoms with Crippen LogP contribution >= 0.6 is 39.3 Å². The third-order valence-corrected chi connectivity index (χ3v) is 4.50. The molecule has 2 aromatic rings. The molecule has 0 atom stereocenters. The molecule has 0 N–H and O–H groups in total. The lowest BCUT2D eigenvalue weighted by Gasteiger charge is -2.06. The van der Waals surface area contributed by atoms with Gasteiger partial charge in [-0.2, -0.15) is 0 Å². The smallest absolute Gasteiger partial charge is 0.124 e. The topological polar surface area (TPSA) is 0 Å². The highest BCUT2D eigenvalue weighted by atomic mass is 79.9. The molecule has 2 aromatic carbocycles. The molecule has 0 aliphatic heterocycles. The van der Waals surface area contributed by atoms with E-state index in [1.165, 1.54) is 36.0 Å². The number of rotatable bonds is 2. The lowest BCUT2D eigenvalue weighted by Crippen LogP contribution is -1.81. The van der Waals surface area contributed by atoms with Crippen LogP contribution in [0.4, 0.5) is 8.78 Å². The largest absolute Gasteiger partial charge is 0.207 e. The van der Waals surface area contributed by atoms with Gasteiger partial charge in [-0.05, 0) is 52.3 Å². The molecule has 0 heterocycles. The normalized spacial score (nSPS) is 10.6. The van der Waals surface area contributed by atoms with E-state index in [-0.39, 0.29) is 11.6 Å². The number of hydrogen-bond donors (Lipinski definition) is 0. The summed E-state index contributed by atoms with van der Waals surface area (Å²) in [6.07, 6.45) is 0. The SMILES string of the molecule is Fc1ccc(Sc2ccc(F)cc2Br)c(Cl)c1. The maximum atomic E-state index is 12.9. The standard InChI is InChI=1S/C12H6BrClF2S/c13-9-5-7(15)1-3-11(9)17-12-4-2-8(16)6-10(12)14/h1-6H. The fraction of sp³-hybridized carbons (Fsp3) is 0. The van der Waals surface area contributed by atoms with E-state index in [0.717, 1.165) is 9.79 Å². The summed E-state index contributed by atoms with van der Waals surface area (Å²) in [6.45, 7) is 0. The Morgan fingerprint density at radius 2 is 1.53 bits per heavy atom. The summed E-state index contributed by atoms with van der Waals surface area (Å²) in [5, 5.41) is 0.339. The third-order valence-electron chi connectivity index (χ3n) is 2.01. The van der Waals surface area contributed by atoms with Gasteiger partial charge < -0.3 is 0 Å². The van der Waals surface area contributed by atoms with Gasteiger partial charge in [-0.1, -0.05) is 23.4 Å². The second kappa shape index (κ2) is 5.38. The Labute approximate surface area is 115 Å². The molecule has 0 unspecified atom stereocenters. The Balaban J connectivity index is 2.31. The highest BCUT2D eigenvalue weighted by molar-refractivity contribution is 9.10. The van der Waals surface area contributed by atoms with E-state index in [2.05, 4.69) is 15.9 Å². The van der Waals surface area contributed by atoms with E-state index in [9.17, 15) is 8.78 Å². The molecule has 0 amide bonds. The van der Waals surface area contributed by atoms with Crippen molar-refractivity contribution in [1.82, 2.24) is 0 Å². The molecule has 17 heavy (non-hydrogen) atoms. The van der Waals surface area contributed by atoms with Crippen LogP contribution in [0.2, 0.25) is 5.02 Å². The molecular formula is C12H6BrClF2S. The zero-order valence-corrected chi connectivity index (χ0v) is 11.5. The molecule has 0 radical (unpaired) electrons. The van der Waals surface area contributed by atoms with Gasteiger partial charge in [0, 0.05) is 14.3 Å². The van der Waals surface area contributed by atoms with Crippen molar-refractivity contribution in [1.29, 1.82) is 0 Å². The van der Waals surface area contributed by atoms with Gasteiger partial charge in [-0.3, -0.25) is 0 Å². The van der Waals surface area contributed by atoms with Crippen molar-refractivity contribution in [2.45, 2.75) is 9.79 Å². The molecule has 0 spiro atoms. The third kappa shape index (κ3) is 3.21. The highest BCUT2D eigenvalue weighted by Crippen LogP contribution is 2.37. The first-order valence-corrected chi connectivity index (χ1v) is 6.63. The molecule has 0 bridgehead atoms. The van der Waals surface area contributed by atoms with E-state index < -0.39 is 0 Å². The summed E-state index contributed by atoms with van der Waals surface area (Å²) in [5.41, 5.74) is 0. The van der Waals surface area contributed by atoms with Gasteiger partial charge in [-0.15, -0.1) is 0 Å². The molecule has 0 nitrogen and oxygen atoms in total. The highest BCUT2D eigenvalue weighted by Gasteiger charge is 2.07. The monoisotopic (exact) mass is 334 g/mol. The Bertz CT molecular complexity index is 511. The minimum Gasteiger partial charge on any atom is -0.207 e. The van der Waals surface area contributed by atoms with Gasteiger partial charge in [0.25, 0.3) is 0 Å². The van der Waals surface area contributed by atoms with Crippen LogP contribution in [0, 0.1) is 11.6 Å². The van der Waals surface area contributed by atoms with Crippen molar-refractivity contribution in [3.05, 3.63) is 57.5 Å². The number of benzene rings is 2. The fourth-order valence-electron chi connectivity index (χ4n) is 1.23. The first-order valence-electron chi connectivity index (χ1n) is 4.64. The Morgan fingerprint density at radius 1 is 0.941 bits per heavy atom. The van der Waals surface area contributed by atoms with Crippen LogP contribution in [-0.4, -0.2) is 0 Å². The zero-order chi connectivity index (χ0) is 12.4. The maximum Gasteiger partial charge on any atom is 0.124 e. The van der Waals surface area contributed by atoms with Gasteiger partial charge in [0.15, 0.2) is 0 Å². The minimum atomic E-state index is -0.377. The average molecular weight is 336 g/mol. The van der Waals surface area contributed by atoms with Crippen molar-refractivity contribution in [3.8, 4) is 0 Å². The van der Waals surface area contributed by atoms with Crippen molar-refractivity contribution in [2.75, 3.05) is 0 Å². The Hall–Kier alpha value is -0.580. The second-order valence-corrected chi connectivity index (χ2v) is 5.60. The van der Waals surface area contributed by atoms with E-state index in [1.807, 2.05) is 0 Å². The van der Waals surface area contributed by atoms with Gasteiger partial charge in [0.05, 0.1) is 5.02 Å². The summed E-state index contributed by atoms with van der Waals surface area (Å²) >= 11 is 10.5. The van der Waals surface area contributed by atoms with Crippen molar-refractivity contribution < 1.29 is 8.78 Å². The molecule has 88 valence electrons. The first kappa shape index (κ1) is 12.9. The molecule has 0 aliphatic rings. The second-order valence-electron chi connectivity index (χ2n) is 3.25. The average Bonchev–Trinajstić information content (AvgIpc) is 2.25. The van der Waals surface area contributed by atoms with Crippen LogP contribution in [0.15, 0.2) is 50.7 Å². The first-order chi connectivity index (χ1) is 8.06. The van der Waals surface area contributed by atoms with Gasteiger partial charge >= 0.3 is 0 Å². The number of halogens is 4. The predicted molar refractivity (Wildman–Crippen MR) is 69.6 cm³/mol. The maximum absolute atomic E-state index is 12.9. The molecule has 5 heteroatoms. The van der Waals surface area contributed by atoms with Crippen LogP contribution in [0.5, 0.6) is 0 Å². The van der Waals surface area contributed by atoms with Crippen LogP contribution in [0.25, 0.3) is 0 Å². The van der Waals surface area contributed by atoms with E-state index in [0.29, 0.717) is 9.50 Å². The van der Waals surface area contributed by atoms with Gasteiger partial charge in [-0.25, -0.2) is 8.78 Å². The molecule has 0 aromatic heterocycles. The molecule has 0 saturated heterocycles.